The molecular weight excluding hydrogens is 494 g/mol. The highest BCUT2D eigenvalue weighted by molar-refractivity contribution is 6.12. The van der Waals surface area contributed by atoms with E-state index in [4.69, 9.17) is 0 Å². The first kappa shape index (κ1) is 22.9. The zero-order valence-corrected chi connectivity index (χ0v) is 23.3. The lowest BCUT2D eigenvalue weighted by atomic mass is 9.82. The molecule has 0 unspecified atom stereocenters. The van der Waals surface area contributed by atoms with Crippen molar-refractivity contribution in [1.82, 2.24) is 4.57 Å². The van der Waals surface area contributed by atoms with Crippen LogP contribution in [0.3, 0.4) is 0 Å². The zero-order valence-electron chi connectivity index (χ0n) is 23.3. The van der Waals surface area contributed by atoms with Crippen LogP contribution in [-0.4, -0.2) is 4.57 Å². The molecule has 1 nitrogen and oxygen atoms in total. The largest absolute Gasteiger partial charge is 0.309 e. The number of aromatic nitrogens is 1. The van der Waals surface area contributed by atoms with Crippen molar-refractivity contribution in [1.29, 1.82) is 0 Å². The molecule has 194 valence electrons. The lowest BCUT2D eigenvalue weighted by Crippen LogP contribution is -2.14. The lowest BCUT2D eigenvalue weighted by Gasteiger charge is -2.21. The summed E-state index contributed by atoms with van der Waals surface area (Å²) in [5, 5.41) is 2.61. The number of fused-ring (bicyclic) bond motifs is 9. The molecule has 1 heterocycles. The molecule has 2 aliphatic carbocycles. The highest BCUT2D eigenvalue weighted by Gasteiger charge is 2.36. The van der Waals surface area contributed by atoms with Gasteiger partial charge in [0.15, 0.2) is 0 Å². The minimum absolute atomic E-state index is 0.0377. The molecule has 1 heteroatoms. The molecule has 7 aromatic rings. The first-order chi connectivity index (χ1) is 20.1. The molecule has 0 radical (unpaired) electrons. The van der Waals surface area contributed by atoms with Crippen LogP contribution in [0.15, 0.2) is 127 Å². The minimum atomic E-state index is -0.0377. The fourth-order valence-electron chi connectivity index (χ4n) is 7.55. The van der Waals surface area contributed by atoms with E-state index in [1.165, 1.54) is 83.1 Å². The minimum Gasteiger partial charge on any atom is -0.309 e. The van der Waals surface area contributed by atoms with Crippen LogP contribution in [0.1, 0.15) is 36.1 Å². The maximum absolute atomic E-state index is 2.46. The zero-order chi connectivity index (χ0) is 27.3. The number of rotatable bonds is 2. The standard InChI is InChI=1S/C40H29N/c1-40(2)36-15-9-8-14-31(36)33-23-35-34-22-26(25-16-17-28-20-27-10-6-7-13-30(27)32(28)21-25)18-19-38(34)41(39(35)24-37(33)40)29-11-4-3-5-12-29/h3-19,21-24H,20H2,1-2H3. The Balaban J connectivity index is 1.32. The van der Waals surface area contributed by atoms with Crippen LogP contribution >= 0.6 is 0 Å². The summed E-state index contributed by atoms with van der Waals surface area (Å²) < 4.78 is 2.45. The van der Waals surface area contributed by atoms with Gasteiger partial charge >= 0.3 is 0 Å². The maximum atomic E-state index is 2.46. The third kappa shape index (κ3) is 3.12. The third-order valence-corrected chi connectivity index (χ3v) is 9.61. The van der Waals surface area contributed by atoms with Gasteiger partial charge in [0.2, 0.25) is 0 Å². The summed E-state index contributed by atoms with van der Waals surface area (Å²) >= 11 is 0. The van der Waals surface area contributed by atoms with E-state index < -0.39 is 0 Å². The smallest absolute Gasteiger partial charge is 0.0544 e. The molecule has 0 saturated carbocycles. The Hall–Kier alpha value is -4.88. The van der Waals surface area contributed by atoms with E-state index in [-0.39, 0.29) is 5.41 Å². The van der Waals surface area contributed by atoms with Gasteiger partial charge < -0.3 is 4.57 Å². The van der Waals surface area contributed by atoms with Gasteiger partial charge in [0, 0.05) is 21.9 Å². The summed E-state index contributed by atoms with van der Waals surface area (Å²) in [5.74, 6) is 0. The fourth-order valence-corrected chi connectivity index (χ4v) is 7.55. The SMILES string of the molecule is CC1(C)c2ccccc2-c2cc3c4cc(-c5ccc6c(c5)-c5ccccc5C6)ccc4n(-c4ccccc4)c3cc21. The van der Waals surface area contributed by atoms with Crippen molar-refractivity contribution >= 4 is 21.8 Å². The van der Waals surface area contributed by atoms with Crippen LogP contribution < -0.4 is 0 Å². The first-order valence-corrected chi connectivity index (χ1v) is 14.6. The quantitative estimate of drug-likeness (QED) is 0.212. The fraction of sp³-hybridized carbons (Fsp3) is 0.100. The van der Waals surface area contributed by atoms with Crippen molar-refractivity contribution in [3.05, 3.63) is 150 Å². The highest BCUT2D eigenvalue weighted by atomic mass is 15.0. The summed E-state index contributed by atoms with van der Waals surface area (Å²) in [7, 11) is 0. The van der Waals surface area contributed by atoms with E-state index in [0.717, 1.165) is 6.42 Å². The van der Waals surface area contributed by atoms with Gasteiger partial charge in [-0.1, -0.05) is 98.8 Å². The number of hydrogen-bond donors (Lipinski definition) is 0. The van der Waals surface area contributed by atoms with Crippen molar-refractivity contribution in [2.45, 2.75) is 25.7 Å². The molecule has 0 saturated heterocycles. The van der Waals surface area contributed by atoms with Gasteiger partial charge in [-0.2, -0.15) is 0 Å². The second-order valence-electron chi connectivity index (χ2n) is 12.2. The van der Waals surface area contributed by atoms with Gasteiger partial charge in [-0.25, -0.2) is 0 Å². The monoisotopic (exact) mass is 523 g/mol. The predicted octanol–water partition coefficient (Wildman–Crippen LogP) is 10.3. The highest BCUT2D eigenvalue weighted by Crippen LogP contribution is 2.51. The van der Waals surface area contributed by atoms with Gasteiger partial charge in [0.25, 0.3) is 0 Å². The Bertz CT molecular complexity index is 2190. The molecule has 1 aromatic heterocycles. The molecule has 0 bridgehead atoms. The van der Waals surface area contributed by atoms with Gasteiger partial charge in [-0.15, -0.1) is 0 Å². The second kappa shape index (κ2) is 8.08. The van der Waals surface area contributed by atoms with Gasteiger partial charge in [0.05, 0.1) is 11.0 Å². The molecule has 0 aliphatic heterocycles. The molecule has 9 rings (SSSR count). The number of benzene rings is 6. The van der Waals surface area contributed by atoms with E-state index in [2.05, 4.69) is 146 Å². The molecule has 0 spiro atoms. The maximum Gasteiger partial charge on any atom is 0.0544 e. The van der Waals surface area contributed by atoms with E-state index in [1.54, 1.807) is 0 Å². The molecule has 0 atom stereocenters. The Morgan fingerprint density at radius 3 is 2.05 bits per heavy atom. The van der Waals surface area contributed by atoms with Crippen LogP contribution in [0, 0.1) is 0 Å². The molecule has 0 amide bonds. The summed E-state index contributed by atoms with van der Waals surface area (Å²) in [4.78, 5) is 0. The van der Waals surface area contributed by atoms with Crippen molar-refractivity contribution in [3.63, 3.8) is 0 Å². The average Bonchev–Trinajstić information content (AvgIpc) is 3.62. The van der Waals surface area contributed by atoms with Gasteiger partial charge in [-0.05, 0) is 105 Å². The van der Waals surface area contributed by atoms with Crippen LogP contribution in [0.25, 0.3) is 60.9 Å². The number of para-hydroxylation sites is 1. The molecule has 6 aromatic carbocycles. The number of nitrogens with zero attached hydrogens (tertiary/aromatic N) is 1. The van der Waals surface area contributed by atoms with Crippen LogP contribution in [0.5, 0.6) is 0 Å². The Morgan fingerprint density at radius 2 is 1.17 bits per heavy atom. The lowest BCUT2D eigenvalue weighted by molar-refractivity contribution is 0.661. The normalized spacial score (nSPS) is 14.2. The van der Waals surface area contributed by atoms with Crippen molar-refractivity contribution in [3.8, 4) is 39.1 Å². The molecule has 2 aliphatic rings. The molecular formula is C40H29N. The first-order valence-electron chi connectivity index (χ1n) is 14.6. The average molecular weight is 524 g/mol. The van der Waals surface area contributed by atoms with Crippen molar-refractivity contribution < 1.29 is 0 Å². The van der Waals surface area contributed by atoms with E-state index in [9.17, 15) is 0 Å². The summed E-state index contributed by atoms with van der Waals surface area (Å²) in [6.07, 6.45) is 1.03. The summed E-state index contributed by atoms with van der Waals surface area (Å²) in [6.45, 7) is 4.73. The van der Waals surface area contributed by atoms with Crippen molar-refractivity contribution in [2.75, 3.05) is 0 Å². The van der Waals surface area contributed by atoms with Crippen molar-refractivity contribution in [2.24, 2.45) is 0 Å². The third-order valence-electron chi connectivity index (χ3n) is 9.61. The Kier molecular flexibility index (Phi) is 4.51. The van der Waals surface area contributed by atoms with E-state index >= 15 is 0 Å². The Labute approximate surface area is 240 Å². The van der Waals surface area contributed by atoms with E-state index in [0.29, 0.717) is 0 Å². The number of hydrogen-bond acceptors (Lipinski definition) is 0. The second-order valence-corrected chi connectivity index (χ2v) is 12.2. The van der Waals surface area contributed by atoms with E-state index in [1.807, 2.05) is 0 Å². The van der Waals surface area contributed by atoms with Crippen LogP contribution in [0.2, 0.25) is 0 Å². The molecule has 0 N–H and O–H groups in total. The Morgan fingerprint density at radius 1 is 0.488 bits per heavy atom. The van der Waals surface area contributed by atoms with Gasteiger partial charge in [-0.3, -0.25) is 0 Å². The topological polar surface area (TPSA) is 4.93 Å². The van der Waals surface area contributed by atoms with Crippen LogP contribution in [-0.2, 0) is 11.8 Å². The summed E-state index contributed by atoms with van der Waals surface area (Å²) in [5.41, 5.74) is 17.4. The summed E-state index contributed by atoms with van der Waals surface area (Å²) in [6, 6.07) is 47.6. The van der Waals surface area contributed by atoms with Crippen LogP contribution in [0.4, 0.5) is 0 Å². The predicted molar refractivity (Wildman–Crippen MR) is 172 cm³/mol. The molecule has 0 fully saturated rings. The van der Waals surface area contributed by atoms with Gasteiger partial charge in [0.1, 0.15) is 0 Å². The molecule has 41 heavy (non-hydrogen) atoms.